The SMILES string of the molecule is CCC(CC)c1cccc(Br)c1OC. The molecule has 0 aliphatic carbocycles. The van der Waals surface area contributed by atoms with Crippen molar-refractivity contribution in [2.24, 2.45) is 0 Å². The molecule has 2 heteroatoms. The van der Waals surface area contributed by atoms with Gasteiger partial charge in [0, 0.05) is 0 Å². The molecule has 0 bridgehead atoms. The van der Waals surface area contributed by atoms with Gasteiger partial charge in [-0.2, -0.15) is 0 Å². The highest BCUT2D eigenvalue weighted by Crippen LogP contribution is 2.36. The number of methoxy groups -OCH3 is 1. The van der Waals surface area contributed by atoms with Gasteiger partial charge in [0.1, 0.15) is 5.75 Å². The summed E-state index contributed by atoms with van der Waals surface area (Å²) < 4.78 is 6.46. The van der Waals surface area contributed by atoms with Gasteiger partial charge >= 0.3 is 0 Å². The Morgan fingerprint density at radius 3 is 2.43 bits per heavy atom. The maximum atomic E-state index is 5.41. The van der Waals surface area contributed by atoms with Crippen LogP contribution in [-0.4, -0.2) is 7.11 Å². The number of halogens is 1. The van der Waals surface area contributed by atoms with E-state index >= 15 is 0 Å². The molecule has 1 aromatic rings. The van der Waals surface area contributed by atoms with Crippen molar-refractivity contribution < 1.29 is 4.74 Å². The normalized spacial score (nSPS) is 10.6. The van der Waals surface area contributed by atoms with Crippen LogP contribution in [0.1, 0.15) is 38.2 Å². The zero-order chi connectivity index (χ0) is 10.6. The zero-order valence-electron chi connectivity index (χ0n) is 9.01. The van der Waals surface area contributed by atoms with Crippen molar-refractivity contribution in [2.75, 3.05) is 7.11 Å². The molecule has 0 atom stereocenters. The van der Waals surface area contributed by atoms with Gasteiger partial charge in [-0.25, -0.2) is 0 Å². The van der Waals surface area contributed by atoms with Crippen LogP contribution >= 0.6 is 15.9 Å². The van der Waals surface area contributed by atoms with E-state index in [4.69, 9.17) is 4.74 Å². The van der Waals surface area contributed by atoms with Crippen molar-refractivity contribution in [3.05, 3.63) is 28.2 Å². The molecular formula is C12H17BrO. The van der Waals surface area contributed by atoms with E-state index < -0.39 is 0 Å². The van der Waals surface area contributed by atoms with Crippen molar-refractivity contribution in [1.29, 1.82) is 0 Å². The smallest absolute Gasteiger partial charge is 0.136 e. The van der Waals surface area contributed by atoms with Crippen molar-refractivity contribution >= 4 is 15.9 Å². The minimum Gasteiger partial charge on any atom is -0.495 e. The van der Waals surface area contributed by atoms with E-state index in [9.17, 15) is 0 Å². The van der Waals surface area contributed by atoms with Crippen LogP contribution in [0, 0.1) is 0 Å². The van der Waals surface area contributed by atoms with Crippen LogP contribution in [0.15, 0.2) is 22.7 Å². The first kappa shape index (κ1) is 11.6. The highest BCUT2D eigenvalue weighted by molar-refractivity contribution is 9.10. The second-order valence-corrected chi connectivity index (χ2v) is 4.23. The minimum atomic E-state index is 0.599. The Bertz CT molecular complexity index is 292. The molecule has 0 aromatic heterocycles. The van der Waals surface area contributed by atoms with Crippen molar-refractivity contribution in [3.63, 3.8) is 0 Å². The second kappa shape index (κ2) is 5.40. The number of hydrogen-bond acceptors (Lipinski definition) is 1. The third kappa shape index (κ3) is 2.30. The number of para-hydroxylation sites is 1. The molecule has 78 valence electrons. The highest BCUT2D eigenvalue weighted by atomic mass is 79.9. The van der Waals surface area contributed by atoms with Crippen molar-refractivity contribution in [1.82, 2.24) is 0 Å². The average molecular weight is 257 g/mol. The molecular weight excluding hydrogens is 240 g/mol. The lowest BCUT2D eigenvalue weighted by atomic mass is 9.93. The summed E-state index contributed by atoms with van der Waals surface area (Å²) in [4.78, 5) is 0. The Labute approximate surface area is 94.6 Å². The van der Waals surface area contributed by atoms with Gasteiger partial charge in [-0.15, -0.1) is 0 Å². The molecule has 0 saturated carbocycles. The number of hydrogen-bond donors (Lipinski definition) is 0. The third-order valence-electron chi connectivity index (χ3n) is 2.63. The summed E-state index contributed by atoms with van der Waals surface area (Å²) in [6.07, 6.45) is 2.31. The van der Waals surface area contributed by atoms with E-state index in [1.807, 2.05) is 6.07 Å². The van der Waals surface area contributed by atoms with E-state index in [2.05, 4.69) is 41.9 Å². The summed E-state index contributed by atoms with van der Waals surface area (Å²) in [5.74, 6) is 1.59. The summed E-state index contributed by atoms with van der Waals surface area (Å²) in [6, 6.07) is 6.24. The molecule has 0 fully saturated rings. The molecule has 0 spiro atoms. The zero-order valence-corrected chi connectivity index (χ0v) is 10.6. The summed E-state index contributed by atoms with van der Waals surface area (Å²) in [6.45, 7) is 4.43. The van der Waals surface area contributed by atoms with Crippen LogP contribution in [0.5, 0.6) is 5.75 Å². The summed E-state index contributed by atoms with van der Waals surface area (Å²) in [5, 5.41) is 0. The van der Waals surface area contributed by atoms with E-state index in [1.54, 1.807) is 7.11 Å². The van der Waals surface area contributed by atoms with Gasteiger partial charge in [0.15, 0.2) is 0 Å². The molecule has 0 radical (unpaired) electrons. The predicted molar refractivity (Wildman–Crippen MR) is 64.0 cm³/mol. The first-order chi connectivity index (χ1) is 6.74. The lowest BCUT2D eigenvalue weighted by Gasteiger charge is -2.17. The fourth-order valence-corrected chi connectivity index (χ4v) is 2.33. The second-order valence-electron chi connectivity index (χ2n) is 3.38. The van der Waals surface area contributed by atoms with Crippen LogP contribution in [0.25, 0.3) is 0 Å². The van der Waals surface area contributed by atoms with Crippen LogP contribution in [-0.2, 0) is 0 Å². The van der Waals surface area contributed by atoms with Crippen molar-refractivity contribution in [2.45, 2.75) is 32.6 Å². The van der Waals surface area contributed by atoms with Crippen LogP contribution < -0.4 is 4.74 Å². The lowest BCUT2D eigenvalue weighted by molar-refractivity contribution is 0.401. The summed E-state index contributed by atoms with van der Waals surface area (Å²) >= 11 is 3.51. The molecule has 14 heavy (non-hydrogen) atoms. The van der Waals surface area contributed by atoms with Crippen LogP contribution in [0.2, 0.25) is 0 Å². The Morgan fingerprint density at radius 1 is 1.29 bits per heavy atom. The standard InChI is InChI=1S/C12H17BrO/c1-4-9(5-2)10-7-6-8-11(13)12(10)14-3/h6-9H,4-5H2,1-3H3. The van der Waals surface area contributed by atoms with Gasteiger partial charge < -0.3 is 4.74 Å². The largest absolute Gasteiger partial charge is 0.495 e. The fraction of sp³-hybridized carbons (Fsp3) is 0.500. The van der Waals surface area contributed by atoms with Gasteiger partial charge in [0.2, 0.25) is 0 Å². The third-order valence-corrected chi connectivity index (χ3v) is 3.25. The predicted octanol–water partition coefficient (Wildman–Crippen LogP) is 4.36. The van der Waals surface area contributed by atoms with E-state index in [-0.39, 0.29) is 0 Å². The maximum Gasteiger partial charge on any atom is 0.136 e. The number of rotatable bonds is 4. The molecule has 0 heterocycles. The van der Waals surface area contributed by atoms with E-state index in [1.165, 1.54) is 5.56 Å². The van der Waals surface area contributed by atoms with Gasteiger partial charge in [-0.05, 0) is 46.3 Å². The van der Waals surface area contributed by atoms with E-state index in [0.29, 0.717) is 5.92 Å². The van der Waals surface area contributed by atoms with Crippen LogP contribution in [0.3, 0.4) is 0 Å². The fourth-order valence-electron chi connectivity index (χ4n) is 1.79. The Kier molecular flexibility index (Phi) is 4.46. The van der Waals surface area contributed by atoms with E-state index in [0.717, 1.165) is 23.1 Å². The topological polar surface area (TPSA) is 9.23 Å². The Balaban J connectivity index is 3.11. The van der Waals surface area contributed by atoms with Gasteiger partial charge in [-0.3, -0.25) is 0 Å². The molecule has 0 amide bonds. The molecule has 1 rings (SSSR count). The molecule has 0 N–H and O–H groups in total. The molecule has 1 aromatic carbocycles. The van der Waals surface area contributed by atoms with Crippen LogP contribution in [0.4, 0.5) is 0 Å². The van der Waals surface area contributed by atoms with Gasteiger partial charge in [0.05, 0.1) is 11.6 Å². The monoisotopic (exact) mass is 256 g/mol. The quantitative estimate of drug-likeness (QED) is 0.778. The Morgan fingerprint density at radius 2 is 1.93 bits per heavy atom. The van der Waals surface area contributed by atoms with Gasteiger partial charge in [0.25, 0.3) is 0 Å². The first-order valence-corrected chi connectivity index (χ1v) is 5.86. The van der Waals surface area contributed by atoms with Gasteiger partial charge in [-0.1, -0.05) is 26.0 Å². The summed E-state index contributed by atoms with van der Waals surface area (Å²) in [7, 11) is 1.73. The average Bonchev–Trinajstić information content (AvgIpc) is 2.20. The number of ether oxygens (including phenoxy) is 1. The van der Waals surface area contributed by atoms with Crippen molar-refractivity contribution in [3.8, 4) is 5.75 Å². The maximum absolute atomic E-state index is 5.41. The summed E-state index contributed by atoms with van der Waals surface area (Å²) in [5.41, 5.74) is 1.31. The molecule has 0 aliphatic heterocycles. The molecule has 0 unspecified atom stereocenters. The molecule has 0 aliphatic rings. The Hall–Kier alpha value is -0.500. The minimum absolute atomic E-state index is 0.599. The molecule has 0 saturated heterocycles. The molecule has 1 nitrogen and oxygen atoms in total. The first-order valence-electron chi connectivity index (χ1n) is 5.06. The number of benzene rings is 1. The highest BCUT2D eigenvalue weighted by Gasteiger charge is 2.14. The lowest BCUT2D eigenvalue weighted by Crippen LogP contribution is -1.99.